The van der Waals surface area contributed by atoms with Crippen molar-refractivity contribution in [1.82, 2.24) is 19.9 Å². The van der Waals surface area contributed by atoms with Crippen molar-refractivity contribution in [3.63, 3.8) is 0 Å². The lowest BCUT2D eigenvalue weighted by atomic mass is 10.1. The fourth-order valence-corrected chi connectivity index (χ4v) is 3.20. The van der Waals surface area contributed by atoms with Gasteiger partial charge in [-0.15, -0.1) is 0 Å². The van der Waals surface area contributed by atoms with Crippen LogP contribution in [0.3, 0.4) is 0 Å². The lowest BCUT2D eigenvalue weighted by Crippen LogP contribution is -2.29. The number of nitrogens with one attached hydrogen (secondary N) is 1. The van der Waals surface area contributed by atoms with Gasteiger partial charge in [-0.3, -0.25) is 4.98 Å². The predicted molar refractivity (Wildman–Crippen MR) is 84.0 cm³/mol. The van der Waals surface area contributed by atoms with Gasteiger partial charge in [0.1, 0.15) is 5.69 Å². The highest BCUT2D eigenvalue weighted by molar-refractivity contribution is 5.80. The molecule has 1 saturated heterocycles. The van der Waals surface area contributed by atoms with E-state index in [1.807, 2.05) is 22.8 Å². The summed E-state index contributed by atoms with van der Waals surface area (Å²) >= 11 is 0. The number of nitrogens with zero attached hydrogens (tertiary/aromatic N) is 3. The van der Waals surface area contributed by atoms with E-state index in [9.17, 15) is 8.78 Å². The number of rotatable bonds is 2. The Morgan fingerprint density at radius 3 is 2.61 bits per heavy atom. The molecule has 23 heavy (non-hydrogen) atoms. The number of hydrogen-bond acceptors (Lipinski definition) is 3. The van der Waals surface area contributed by atoms with Crippen LogP contribution in [-0.4, -0.2) is 27.6 Å². The summed E-state index contributed by atoms with van der Waals surface area (Å²) in [4.78, 5) is 8.89. The van der Waals surface area contributed by atoms with E-state index in [1.165, 1.54) is 6.07 Å². The first kappa shape index (κ1) is 14.3. The van der Waals surface area contributed by atoms with Crippen LogP contribution in [0.4, 0.5) is 8.78 Å². The number of fused-ring (bicyclic) bond motifs is 1. The van der Waals surface area contributed by atoms with Crippen LogP contribution >= 0.6 is 0 Å². The smallest absolute Gasteiger partial charge is 0.161 e. The van der Waals surface area contributed by atoms with Gasteiger partial charge in [-0.1, -0.05) is 6.07 Å². The highest BCUT2D eigenvalue weighted by Crippen LogP contribution is 2.32. The molecule has 3 aromatic rings. The van der Waals surface area contributed by atoms with Gasteiger partial charge in [-0.05, 0) is 38.1 Å². The van der Waals surface area contributed by atoms with Gasteiger partial charge in [-0.25, -0.2) is 13.8 Å². The van der Waals surface area contributed by atoms with Crippen molar-refractivity contribution in [3.8, 4) is 11.5 Å². The van der Waals surface area contributed by atoms with Crippen LogP contribution in [0.25, 0.3) is 22.6 Å². The van der Waals surface area contributed by atoms with Gasteiger partial charge < -0.3 is 9.88 Å². The molecular weight excluding hydrogens is 298 g/mol. The van der Waals surface area contributed by atoms with E-state index in [0.717, 1.165) is 32.0 Å². The number of benzene rings is 1. The van der Waals surface area contributed by atoms with Gasteiger partial charge >= 0.3 is 0 Å². The molecule has 1 aliphatic rings. The molecule has 0 atom stereocenters. The van der Waals surface area contributed by atoms with Crippen molar-refractivity contribution in [2.45, 2.75) is 18.9 Å². The van der Waals surface area contributed by atoms with Crippen LogP contribution in [0, 0.1) is 11.6 Å². The van der Waals surface area contributed by atoms with Crippen molar-refractivity contribution in [2.24, 2.45) is 0 Å². The number of halogens is 2. The standard InChI is InChI=1S/C17H16F2N4/c18-12-9-15-16(10-13(12)19)23(11-4-7-20-8-5-11)17(22-15)14-3-1-2-6-21-14/h1-3,6,9-11,20H,4-5,7-8H2. The zero-order valence-electron chi connectivity index (χ0n) is 12.5. The third-order valence-electron chi connectivity index (χ3n) is 4.30. The van der Waals surface area contributed by atoms with E-state index in [-0.39, 0.29) is 6.04 Å². The third-order valence-corrected chi connectivity index (χ3v) is 4.30. The van der Waals surface area contributed by atoms with Gasteiger partial charge in [0.25, 0.3) is 0 Å². The average molecular weight is 314 g/mol. The first-order valence-corrected chi connectivity index (χ1v) is 7.73. The molecule has 1 N–H and O–H groups in total. The monoisotopic (exact) mass is 314 g/mol. The van der Waals surface area contributed by atoms with E-state index in [1.54, 1.807) is 6.20 Å². The largest absolute Gasteiger partial charge is 0.319 e. The molecule has 0 radical (unpaired) electrons. The zero-order valence-corrected chi connectivity index (χ0v) is 12.5. The third kappa shape index (κ3) is 2.49. The Hall–Kier alpha value is -2.34. The van der Waals surface area contributed by atoms with Crippen molar-refractivity contribution < 1.29 is 8.78 Å². The van der Waals surface area contributed by atoms with Crippen LogP contribution in [0.15, 0.2) is 36.5 Å². The van der Waals surface area contributed by atoms with Crippen molar-refractivity contribution >= 4 is 11.0 Å². The lowest BCUT2D eigenvalue weighted by Gasteiger charge is -2.26. The van der Waals surface area contributed by atoms with Crippen molar-refractivity contribution in [3.05, 3.63) is 48.2 Å². The maximum absolute atomic E-state index is 13.8. The zero-order chi connectivity index (χ0) is 15.8. The normalized spacial score (nSPS) is 16.1. The molecule has 1 fully saturated rings. The second-order valence-electron chi connectivity index (χ2n) is 5.76. The number of piperidine rings is 1. The van der Waals surface area contributed by atoms with E-state index < -0.39 is 11.6 Å². The van der Waals surface area contributed by atoms with E-state index in [2.05, 4.69) is 15.3 Å². The van der Waals surface area contributed by atoms with Crippen LogP contribution in [-0.2, 0) is 0 Å². The second-order valence-corrected chi connectivity index (χ2v) is 5.76. The Morgan fingerprint density at radius 2 is 1.87 bits per heavy atom. The highest BCUT2D eigenvalue weighted by atomic mass is 19.2. The van der Waals surface area contributed by atoms with Gasteiger partial charge in [0.2, 0.25) is 0 Å². The van der Waals surface area contributed by atoms with Crippen molar-refractivity contribution in [2.75, 3.05) is 13.1 Å². The SMILES string of the molecule is Fc1cc2nc(-c3ccccn3)n(C3CCNCC3)c2cc1F. The maximum Gasteiger partial charge on any atom is 0.161 e. The Balaban J connectivity index is 1.96. The van der Waals surface area contributed by atoms with Crippen molar-refractivity contribution in [1.29, 1.82) is 0 Å². The highest BCUT2D eigenvalue weighted by Gasteiger charge is 2.23. The molecule has 0 spiro atoms. The Bertz CT molecular complexity index is 839. The van der Waals surface area contributed by atoms with Crippen LogP contribution < -0.4 is 5.32 Å². The van der Waals surface area contributed by atoms with Gasteiger partial charge in [-0.2, -0.15) is 0 Å². The Morgan fingerprint density at radius 1 is 1.09 bits per heavy atom. The van der Waals surface area contributed by atoms with E-state index in [0.29, 0.717) is 22.6 Å². The Kier molecular flexibility index (Phi) is 3.53. The fourth-order valence-electron chi connectivity index (χ4n) is 3.20. The summed E-state index contributed by atoms with van der Waals surface area (Å²) < 4.78 is 29.4. The molecule has 2 aromatic heterocycles. The quantitative estimate of drug-likeness (QED) is 0.789. The van der Waals surface area contributed by atoms with Crippen LogP contribution in [0.5, 0.6) is 0 Å². The molecule has 0 amide bonds. The molecule has 4 rings (SSSR count). The molecule has 0 unspecified atom stereocenters. The van der Waals surface area contributed by atoms with Gasteiger partial charge in [0, 0.05) is 24.4 Å². The number of pyridine rings is 1. The van der Waals surface area contributed by atoms with E-state index >= 15 is 0 Å². The van der Waals surface area contributed by atoms with Crippen LogP contribution in [0.1, 0.15) is 18.9 Å². The molecule has 4 nitrogen and oxygen atoms in total. The fraction of sp³-hybridized carbons (Fsp3) is 0.294. The van der Waals surface area contributed by atoms with Gasteiger partial charge in [0.05, 0.1) is 11.0 Å². The summed E-state index contributed by atoms with van der Waals surface area (Å²) in [6, 6.07) is 8.19. The minimum atomic E-state index is -0.875. The molecule has 118 valence electrons. The predicted octanol–water partition coefficient (Wildman–Crippen LogP) is 3.30. The Labute approximate surface area is 132 Å². The summed E-state index contributed by atoms with van der Waals surface area (Å²) in [5.74, 6) is -1.06. The summed E-state index contributed by atoms with van der Waals surface area (Å²) in [6.45, 7) is 1.80. The minimum absolute atomic E-state index is 0.197. The molecular formula is C17H16F2N4. The minimum Gasteiger partial charge on any atom is -0.319 e. The summed E-state index contributed by atoms with van der Waals surface area (Å²) in [7, 11) is 0. The second kappa shape index (κ2) is 5.70. The molecule has 0 bridgehead atoms. The molecule has 0 saturated carbocycles. The first-order valence-electron chi connectivity index (χ1n) is 7.73. The molecule has 0 aliphatic carbocycles. The molecule has 1 aliphatic heterocycles. The molecule has 6 heteroatoms. The maximum atomic E-state index is 13.8. The summed E-state index contributed by atoms with van der Waals surface area (Å²) in [5, 5.41) is 3.32. The first-order chi connectivity index (χ1) is 11.2. The lowest BCUT2D eigenvalue weighted by molar-refractivity contribution is 0.377. The topological polar surface area (TPSA) is 42.7 Å². The number of hydrogen-bond donors (Lipinski definition) is 1. The van der Waals surface area contributed by atoms with Crippen LogP contribution in [0.2, 0.25) is 0 Å². The summed E-state index contributed by atoms with van der Waals surface area (Å²) in [5.41, 5.74) is 1.79. The number of aromatic nitrogens is 3. The summed E-state index contributed by atoms with van der Waals surface area (Å²) in [6.07, 6.45) is 3.54. The van der Waals surface area contributed by atoms with E-state index in [4.69, 9.17) is 0 Å². The number of imidazole rings is 1. The molecule has 1 aromatic carbocycles. The molecule has 3 heterocycles. The average Bonchev–Trinajstić information content (AvgIpc) is 2.95. The van der Waals surface area contributed by atoms with Gasteiger partial charge in [0.15, 0.2) is 17.5 Å².